The molecule has 3 N–H and O–H groups in total. The summed E-state index contributed by atoms with van der Waals surface area (Å²) >= 11 is 7.61. The standard InChI is InChI=1S/C14H15ClN2OS/c15-12-9-10(6-7-13(12)16)17-14(18)5-1-3-11-4-2-8-19-11/h2,4,6-9H,1,3,5,16H2,(H,17,18). The third-order valence-corrected chi connectivity index (χ3v) is 3.95. The molecule has 1 aromatic carbocycles. The van der Waals surface area contributed by atoms with Gasteiger partial charge in [-0.2, -0.15) is 0 Å². The molecule has 0 aliphatic rings. The molecule has 1 heterocycles. The summed E-state index contributed by atoms with van der Waals surface area (Å²) in [4.78, 5) is 13.1. The molecule has 0 bridgehead atoms. The van der Waals surface area contributed by atoms with Crippen LogP contribution in [0.3, 0.4) is 0 Å². The fourth-order valence-corrected chi connectivity index (χ4v) is 2.64. The van der Waals surface area contributed by atoms with Gasteiger partial charge in [-0.25, -0.2) is 0 Å². The maximum Gasteiger partial charge on any atom is 0.224 e. The largest absolute Gasteiger partial charge is 0.398 e. The summed E-state index contributed by atoms with van der Waals surface area (Å²) in [7, 11) is 0. The first-order chi connectivity index (χ1) is 9.15. The highest BCUT2D eigenvalue weighted by Gasteiger charge is 2.04. The van der Waals surface area contributed by atoms with Crippen LogP contribution in [0, 0.1) is 0 Å². The zero-order valence-corrected chi connectivity index (χ0v) is 11.9. The van der Waals surface area contributed by atoms with E-state index in [-0.39, 0.29) is 5.91 Å². The Morgan fingerprint density at radius 3 is 2.89 bits per heavy atom. The van der Waals surface area contributed by atoms with E-state index >= 15 is 0 Å². The third-order valence-electron chi connectivity index (χ3n) is 2.69. The molecule has 2 rings (SSSR count). The second kappa shape index (κ2) is 6.59. The van der Waals surface area contributed by atoms with Crippen LogP contribution in [0.2, 0.25) is 5.02 Å². The number of amides is 1. The molecule has 0 unspecified atom stereocenters. The first kappa shape index (κ1) is 13.9. The van der Waals surface area contributed by atoms with E-state index in [1.54, 1.807) is 29.5 Å². The third kappa shape index (κ3) is 4.26. The van der Waals surface area contributed by atoms with Crippen molar-refractivity contribution in [1.82, 2.24) is 0 Å². The van der Waals surface area contributed by atoms with E-state index in [0.29, 0.717) is 22.8 Å². The first-order valence-electron chi connectivity index (χ1n) is 6.02. The first-order valence-corrected chi connectivity index (χ1v) is 7.28. The second-order valence-electron chi connectivity index (χ2n) is 4.22. The predicted molar refractivity (Wildman–Crippen MR) is 81.8 cm³/mol. The van der Waals surface area contributed by atoms with E-state index in [9.17, 15) is 4.79 Å². The summed E-state index contributed by atoms with van der Waals surface area (Å²) in [5.74, 6) is -0.00241. The van der Waals surface area contributed by atoms with Crippen LogP contribution in [-0.4, -0.2) is 5.91 Å². The van der Waals surface area contributed by atoms with Gasteiger partial charge in [0.25, 0.3) is 0 Å². The Morgan fingerprint density at radius 2 is 2.21 bits per heavy atom. The van der Waals surface area contributed by atoms with Crippen molar-refractivity contribution in [2.45, 2.75) is 19.3 Å². The van der Waals surface area contributed by atoms with Gasteiger partial charge < -0.3 is 11.1 Å². The van der Waals surface area contributed by atoms with Crippen molar-refractivity contribution in [3.8, 4) is 0 Å². The minimum Gasteiger partial charge on any atom is -0.398 e. The predicted octanol–water partition coefficient (Wildman–Crippen LogP) is 3.95. The lowest BCUT2D eigenvalue weighted by atomic mass is 10.2. The van der Waals surface area contributed by atoms with Gasteiger partial charge in [0.15, 0.2) is 0 Å². The maximum atomic E-state index is 11.8. The average Bonchev–Trinajstić information content (AvgIpc) is 2.87. The molecule has 1 amide bonds. The molecule has 0 atom stereocenters. The number of anilines is 2. The molecule has 0 saturated carbocycles. The van der Waals surface area contributed by atoms with Crippen LogP contribution in [0.15, 0.2) is 35.7 Å². The number of nitrogen functional groups attached to an aromatic ring is 1. The molecule has 100 valence electrons. The van der Waals surface area contributed by atoms with Crippen molar-refractivity contribution in [2.75, 3.05) is 11.1 Å². The molecule has 0 aliphatic heterocycles. The summed E-state index contributed by atoms with van der Waals surface area (Å²) in [6.07, 6.45) is 2.28. The summed E-state index contributed by atoms with van der Waals surface area (Å²) in [6, 6.07) is 9.20. The van der Waals surface area contributed by atoms with Crippen molar-refractivity contribution in [2.24, 2.45) is 0 Å². The average molecular weight is 295 g/mol. The molecule has 0 fully saturated rings. The number of hydrogen-bond acceptors (Lipinski definition) is 3. The molecular formula is C14H15ClN2OS. The number of nitrogens with one attached hydrogen (secondary N) is 1. The maximum absolute atomic E-state index is 11.8. The summed E-state index contributed by atoms with van der Waals surface area (Å²) in [5, 5.41) is 5.32. The minimum atomic E-state index is -0.00241. The quantitative estimate of drug-likeness (QED) is 0.821. The van der Waals surface area contributed by atoms with Gasteiger partial charge in [0.1, 0.15) is 0 Å². The van der Waals surface area contributed by atoms with E-state index in [1.807, 2.05) is 11.4 Å². The van der Waals surface area contributed by atoms with Crippen LogP contribution in [0.1, 0.15) is 17.7 Å². The number of benzene rings is 1. The lowest BCUT2D eigenvalue weighted by molar-refractivity contribution is -0.116. The molecule has 2 aromatic rings. The van der Waals surface area contributed by atoms with Crippen LogP contribution >= 0.6 is 22.9 Å². The van der Waals surface area contributed by atoms with Crippen LogP contribution in [0.5, 0.6) is 0 Å². The fourth-order valence-electron chi connectivity index (χ4n) is 1.71. The number of aryl methyl sites for hydroxylation is 1. The number of hydrogen-bond donors (Lipinski definition) is 2. The van der Waals surface area contributed by atoms with Crippen LogP contribution < -0.4 is 11.1 Å². The van der Waals surface area contributed by atoms with Gasteiger partial charge in [0.05, 0.1) is 10.7 Å². The Morgan fingerprint density at radius 1 is 1.37 bits per heavy atom. The number of rotatable bonds is 5. The van der Waals surface area contributed by atoms with Crippen LogP contribution in [0.4, 0.5) is 11.4 Å². The molecule has 0 radical (unpaired) electrons. The highest BCUT2D eigenvalue weighted by molar-refractivity contribution is 7.09. The van der Waals surface area contributed by atoms with E-state index in [0.717, 1.165) is 12.8 Å². The van der Waals surface area contributed by atoms with Gasteiger partial charge in [-0.1, -0.05) is 17.7 Å². The number of carbonyl (C=O) groups is 1. The highest BCUT2D eigenvalue weighted by Crippen LogP contribution is 2.22. The Kier molecular flexibility index (Phi) is 4.82. The molecule has 19 heavy (non-hydrogen) atoms. The number of carbonyl (C=O) groups excluding carboxylic acids is 1. The van der Waals surface area contributed by atoms with Gasteiger partial charge >= 0.3 is 0 Å². The van der Waals surface area contributed by atoms with Gasteiger partial charge in [-0.05, 0) is 42.5 Å². The molecule has 3 nitrogen and oxygen atoms in total. The minimum absolute atomic E-state index is 0.00241. The smallest absolute Gasteiger partial charge is 0.224 e. The Labute approximate surface area is 121 Å². The number of halogens is 1. The summed E-state index contributed by atoms with van der Waals surface area (Å²) < 4.78 is 0. The Balaban J connectivity index is 1.79. The number of nitrogens with two attached hydrogens (primary N) is 1. The zero-order chi connectivity index (χ0) is 13.7. The van der Waals surface area contributed by atoms with Gasteiger partial charge in [0, 0.05) is 17.0 Å². The second-order valence-corrected chi connectivity index (χ2v) is 5.66. The van der Waals surface area contributed by atoms with Crippen molar-refractivity contribution in [3.05, 3.63) is 45.6 Å². The molecule has 1 aromatic heterocycles. The summed E-state index contributed by atoms with van der Waals surface area (Å²) in [6.45, 7) is 0. The summed E-state index contributed by atoms with van der Waals surface area (Å²) in [5.41, 5.74) is 6.80. The van der Waals surface area contributed by atoms with E-state index in [1.165, 1.54) is 4.88 Å². The lowest BCUT2D eigenvalue weighted by Crippen LogP contribution is -2.11. The Bertz CT molecular complexity index is 555. The molecule has 5 heteroatoms. The fraction of sp³-hybridized carbons (Fsp3) is 0.214. The topological polar surface area (TPSA) is 55.1 Å². The van der Waals surface area contributed by atoms with E-state index in [4.69, 9.17) is 17.3 Å². The van der Waals surface area contributed by atoms with Crippen molar-refractivity contribution >= 4 is 40.2 Å². The van der Waals surface area contributed by atoms with Crippen molar-refractivity contribution in [1.29, 1.82) is 0 Å². The Hall–Kier alpha value is -1.52. The SMILES string of the molecule is Nc1ccc(NC(=O)CCCc2cccs2)cc1Cl. The molecular weight excluding hydrogens is 280 g/mol. The monoisotopic (exact) mass is 294 g/mol. The zero-order valence-electron chi connectivity index (χ0n) is 10.4. The van der Waals surface area contributed by atoms with Gasteiger partial charge in [0.2, 0.25) is 5.91 Å². The van der Waals surface area contributed by atoms with E-state index < -0.39 is 0 Å². The van der Waals surface area contributed by atoms with Gasteiger partial charge in [-0.15, -0.1) is 11.3 Å². The van der Waals surface area contributed by atoms with Gasteiger partial charge in [-0.3, -0.25) is 4.79 Å². The normalized spacial score (nSPS) is 10.4. The lowest BCUT2D eigenvalue weighted by Gasteiger charge is -2.06. The number of thiophene rings is 1. The molecule has 0 spiro atoms. The highest BCUT2D eigenvalue weighted by atomic mass is 35.5. The van der Waals surface area contributed by atoms with E-state index in [2.05, 4.69) is 11.4 Å². The van der Waals surface area contributed by atoms with Crippen LogP contribution in [-0.2, 0) is 11.2 Å². The van der Waals surface area contributed by atoms with Crippen molar-refractivity contribution in [3.63, 3.8) is 0 Å². The molecule has 0 saturated heterocycles. The van der Waals surface area contributed by atoms with Crippen molar-refractivity contribution < 1.29 is 4.79 Å². The van der Waals surface area contributed by atoms with Crippen LogP contribution in [0.25, 0.3) is 0 Å². The molecule has 0 aliphatic carbocycles.